The van der Waals surface area contributed by atoms with Gasteiger partial charge in [-0.05, 0) is 40.0 Å². The highest BCUT2D eigenvalue weighted by Crippen LogP contribution is 2.24. The van der Waals surface area contributed by atoms with Crippen LogP contribution in [0.15, 0.2) is 41.0 Å². The summed E-state index contributed by atoms with van der Waals surface area (Å²) in [5.41, 5.74) is 3.63. The molecule has 0 aliphatic rings. The van der Waals surface area contributed by atoms with Crippen LogP contribution in [0.25, 0.3) is 0 Å². The molecule has 2 rings (SSSR count). The van der Waals surface area contributed by atoms with Crippen LogP contribution in [0.1, 0.15) is 16.7 Å². The van der Waals surface area contributed by atoms with Crippen molar-refractivity contribution in [3.05, 3.63) is 57.7 Å². The fourth-order valence-electron chi connectivity index (χ4n) is 2.03. The number of halogens is 2. The Bertz CT molecular complexity index is 572. The van der Waals surface area contributed by atoms with Crippen molar-refractivity contribution in [1.29, 1.82) is 0 Å². The molecule has 100 valence electrons. The molecule has 2 nitrogen and oxygen atoms in total. The summed E-state index contributed by atoms with van der Waals surface area (Å²) in [6.45, 7) is 2.95. The van der Waals surface area contributed by atoms with E-state index in [1.807, 2.05) is 13.1 Å². The molecule has 4 heteroatoms. The predicted octanol–water partition coefficient (Wildman–Crippen LogP) is 4.53. The Morgan fingerprint density at radius 2 is 2.00 bits per heavy atom. The average Bonchev–Trinajstić information content (AvgIpc) is 2.41. The predicted molar refractivity (Wildman–Crippen MR) is 84.8 cm³/mol. The molecule has 0 saturated heterocycles. The molecular weight excluding hydrogens is 324 g/mol. The van der Waals surface area contributed by atoms with Crippen molar-refractivity contribution in [2.24, 2.45) is 0 Å². The van der Waals surface area contributed by atoms with Gasteiger partial charge < -0.3 is 4.90 Å². The number of hydrogen-bond acceptors (Lipinski definition) is 2. The van der Waals surface area contributed by atoms with Crippen LogP contribution in [-0.4, -0.2) is 12.0 Å². The molecule has 1 aromatic carbocycles. The van der Waals surface area contributed by atoms with E-state index in [0.717, 1.165) is 22.4 Å². The van der Waals surface area contributed by atoms with E-state index in [2.05, 4.69) is 57.0 Å². The van der Waals surface area contributed by atoms with Crippen molar-refractivity contribution >= 4 is 33.3 Å². The highest BCUT2D eigenvalue weighted by atomic mass is 79.9. The SMILES string of the molecule is Cc1ccccc1CN(C)c1ncc(Br)cc1CCl. The maximum Gasteiger partial charge on any atom is 0.133 e. The quantitative estimate of drug-likeness (QED) is 0.761. The number of nitrogens with zero attached hydrogens (tertiary/aromatic N) is 2. The van der Waals surface area contributed by atoms with Crippen LogP contribution >= 0.6 is 27.5 Å². The third kappa shape index (κ3) is 3.48. The monoisotopic (exact) mass is 338 g/mol. The van der Waals surface area contributed by atoms with Crippen molar-refractivity contribution < 1.29 is 0 Å². The highest BCUT2D eigenvalue weighted by molar-refractivity contribution is 9.10. The van der Waals surface area contributed by atoms with Crippen molar-refractivity contribution in [3.8, 4) is 0 Å². The molecule has 0 amide bonds. The minimum Gasteiger partial charge on any atom is -0.355 e. The normalized spacial score (nSPS) is 10.5. The van der Waals surface area contributed by atoms with Crippen LogP contribution < -0.4 is 4.90 Å². The second kappa shape index (κ2) is 6.40. The molecule has 2 aromatic rings. The highest BCUT2D eigenvalue weighted by Gasteiger charge is 2.10. The lowest BCUT2D eigenvalue weighted by atomic mass is 10.1. The zero-order chi connectivity index (χ0) is 13.8. The molecule has 0 aliphatic carbocycles. The smallest absolute Gasteiger partial charge is 0.133 e. The van der Waals surface area contributed by atoms with E-state index in [1.165, 1.54) is 11.1 Å². The Morgan fingerprint density at radius 1 is 1.26 bits per heavy atom. The van der Waals surface area contributed by atoms with Gasteiger partial charge in [0.1, 0.15) is 5.82 Å². The molecule has 0 atom stereocenters. The molecule has 0 radical (unpaired) electrons. The first kappa shape index (κ1) is 14.4. The number of benzene rings is 1. The summed E-state index contributed by atoms with van der Waals surface area (Å²) >= 11 is 9.42. The van der Waals surface area contributed by atoms with Crippen LogP contribution in [0.4, 0.5) is 5.82 Å². The number of alkyl halides is 1. The number of aryl methyl sites for hydroxylation is 1. The summed E-state index contributed by atoms with van der Waals surface area (Å²) in [5.74, 6) is 1.39. The number of rotatable bonds is 4. The molecule has 0 aliphatic heterocycles. The Hall–Kier alpha value is -1.06. The van der Waals surface area contributed by atoms with Gasteiger partial charge in [0.25, 0.3) is 0 Å². The Kier molecular flexibility index (Phi) is 4.83. The molecule has 0 saturated carbocycles. The molecule has 19 heavy (non-hydrogen) atoms. The molecule has 0 fully saturated rings. The van der Waals surface area contributed by atoms with E-state index in [4.69, 9.17) is 11.6 Å². The fourth-order valence-corrected chi connectivity index (χ4v) is 2.61. The van der Waals surface area contributed by atoms with Gasteiger partial charge in [-0.1, -0.05) is 24.3 Å². The summed E-state index contributed by atoms with van der Waals surface area (Å²) in [6.07, 6.45) is 1.81. The van der Waals surface area contributed by atoms with Gasteiger partial charge >= 0.3 is 0 Å². The minimum absolute atomic E-state index is 0.458. The van der Waals surface area contributed by atoms with Crippen LogP contribution in [0.3, 0.4) is 0 Å². The van der Waals surface area contributed by atoms with Gasteiger partial charge in [0, 0.05) is 29.8 Å². The summed E-state index contributed by atoms with van der Waals surface area (Å²) in [4.78, 5) is 6.60. The number of aromatic nitrogens is 1. The lowest BCUT2D eigenvalue weighted by Crippen LogP contribution is -2.19. The van der Waals surface area contributed by atoms with Gasteiger partial charge in [-0.2, -0.15) is 0 Å². The summed E-state index contributed by atoms with van der Waals surface area (Å²) in [5, 5.41) is 0. The van der Waals surface area contributed by atoms with Gasteiger partial charge in [-0.25, -0.2) is 4.98 Å². The standard InChI is InChI=1S/C15H16BrClN2/c1-11-5-3-4-6-12(11)10-19(2)15-13(8-17)7-14(16)9-18-15/h3-7,9H,8,10H2,1-2H3. The van der Waals surface area contributed by atoms with Crippen LogP contribution in [0.5, 0.6) is 0 Å². The average molecular weight is 340 g/mol. The van der Waals surface area contributed by atoms with Gasteiger partial charge in [0.2, 0.25) is 0 Å². The van der Waals surface area contributed by atoms with E-state index >= 15 is 0 Å². The summed E-state index contributed by atoms with van der Waals surface area (Å²) in [7, 11) is 2.04. The van der Waals surface area contributed by atoms with Gasteiger partial charge in [-0.3, -0.25) is 0 Å². The van der Waals surface area contributed by atoms with Crippen LogP contribution in [0, 0.1) is 6.92 Å². The minimum atomic E-state index is 0.458. The molecule has 0 unspecified atom stereocenters. The zero-order valence-electron chi connectivity index (χ0n) is 11.0. The third-order valence-electron chi connectivity index (χ3n) is 3.08. The second-order valence-electron chi connectivity index (χ2n) is 4.55. The second-order valence-corrected chi connectivity index (χ2v) is 5.74. The van der Waals surface area contributed by atoms with E-state index in [0.29, 0.717) is 5.88 Å². The number of pyridine rings is 1. The van der Waals surface area contributed by atoms with E-state index < -0.39 is 0 Å². The molecule has 0 N–H and O–H groups in total. The lowest BCUT2D eigenvalue weighted by Gasteiger charge is -2.21. The van der Waals surface area contributed by atoms with E-state index in [1.54, 1.807) is 6.20 Å². The zero-order valence-corrected chi connectivity index (χ0v) is 13.4. The molecule has 1 heterocycles. The maximum absolute atomic E-state index is 5.99. The molecular formula is C15H16BrClN2. The first-order chi connectivity index (χ1) is 9.11. The topological polar surface area (TPSA) is 16.1 Å². The largest absolute Gasteiger partial charge is 0.355 e. The number of anilines is 1. The van der Waals surface area contributed by atoms with Crippen molar-refractivity contribution in [2.75, 3.05) is 11.9 Å². The summed E-state index contributed by atoms with van der Waals surface area (Å²) in [6, 6.07) is 10.4. The van der Waals surface area contributed by atoms with Crippen molar-refractivity contribution in [2.45, 2.75) is 19.3 Å². The Balaban J connectivity index is 2.25. The summed E-state index contributed by atoms with van der Waals surface area (Å²) < 4.78 is 0.955. The lowest BCUT2D eigenvalue weighted by molar-refractivity contribution is 0.881. The molecule has 1 aromatic heterocycles. The van der Waals surface area contributed by atoms with Gasteiger partial charge in [-0.15, -0.1) is 11.6 Å². The van der Waals surface area contributed by atoms with Gasteiger partial charge in [0.15, 0.2) is 0 Å². The van der Waals surface area contributed by atoms with Crippen molar-refractivity contribution in [1.82, 2.24) is 4.98 Å². The Morgan fingerprint density at radius 3 is 2.68 bits per heavy atom. The van der Waals surface area contributed by atoms with Crippen LogP contribution in [0.2, 0.25) is 0 Å². The first-order valence-corrected chi connectivity index (χ1v) is 7.40. The Labute approximate surface area is 127 Å². The van der Waals surface area contributed by atoms with Crippen molar-refractivity contribution in [3.63, 3.8) is 0 Å². The van der Waals surface area contributed by atoms with Gasteiger partial charge in [0.05, 0.1) is 5.88 Å². The first-order valence-electron chi connectivity index (χ1n) is 6.08. The van der Waals surface area contributed by atoms with E-state index in [-0.39, 0.29) is 0 Å². The van der Waals surface area contributed by atoms with Crippen LogP contribution in [-0.2, 0) is 12.4 Å². The molecule has 0 bridgehead atoms. The fraction of sp³-hybridized carbons (Fsp3) is 0.267. The molecule has 0 spiro atoms. The third-order valence-corrected chi connectivity index (χ3v) is 3.81. The maximum atomic E-state index is 5.99. The van der Waals surface area contributed by atoms with E-state index in [9.17, 15) is 0 Å². The number of hydrogen-bond donors (Lipinski definition) is 0.